The van der Waals surface area contributed by atoms with Crippen LogP contribution in [0.15, 0.2) is 48.5 Å². The van der Waals surface area contributed by atoms with Crippen LogP contribution in [0.5, 0.6) is 11.5 Å². The Morgan fingerprint density at radius 2 is 0.963 bits per heavy atom. The summed E-state index contributed by atoms with van der Waals surface area (Å²) in [6.07, 6.45) is 2.65. The zero-order valence-corrected chi connectivity index (χ0v) is 18.4. The molecule has 0 aromatic heterocycles. The van der Waals surface area contributed by atoms with Crippen LogP contribution in [-0.2, 0) is 0 Å². The lowest BCUT2D eigenvalue weighted by atomic mass is 10.2. The molecule has 0 aliphatic carbocycles. The predicted octanol–water partition coefficient (Wildman–Crippen LogP) is 6.84. The first-order chi connectivity index (χ1) is 13.4. The van der Waals surface area contributed by atoms with Crippen LogP contribution in [-0.4, -0.2) is 29.8 Å². The van der Waals surface area contributed by atoms with E-state index in [1.807, 2.05) is 47.0 Å². The average Bonchev–Trinajstić information content (AvgIpc) is 2.76. The van der Waals surface area contributed by atoms with Crippen molar-refractivity contribution in [1.29, 1.82) is 0 Å². The van der Waals surface area contributed by atoms with Gasteiger partial charge in [0.25, 0.3) is 0 Å². The molecular formula is C21H24O2S4. The Kier molecular flexibility index (Phi) is 7.52. The summed E-state index contributed by atoms with van der Waals surface area (Å²) in [5.74, 6) is 6.77. The van der Waals surface area contributed by atoms with E-state index in [-0.39, 0.29) is 6.79 Å². The molecule has 2 heterocycles. The van der Waals surface area contributed by atoms with Crippen LogP contribution >= 0.6 is 47.0 Å². The van der Waals surface area contributed by atoms with Gasteiger partial charge in [0.1, 0.15) is 11.5 Å². The molecule has 2 aliphatic rings. The van der Waals surface area contributed by atoms with Gasteiger partial charge in [0.15, 0.2) is 0 Å². The molecule has 0 N–H and O–H groups in total. The van der Waals surface area contributed by atoms with Gasteiger partial charge < -0.3 is 9.47 Å². The molecule has 0 saturated carbocycles. The van der Waals surface area contributed by atoms with Crippen molar-refractivity contribution >= 4 is 47.0 Å². The minimum absolute atomic E-state index is 0.235. The van der Waals surface area contributed by atoms with E-state index in [4.69, 9.17) is 9.47 Å². The molecule has 0 unspecified atom stereocenters. The van der Waals surface area contributed by atoms with Gasteiger partial charge in [0, 0.05) is 0 Å². The molecule has 27 heavy (non-hydrogen) atoms. The maximum Gasteiger partial charge on any atom is 0.230 e. The molecule has 0 spiro atoms. The maximum atomic E-state index is 5.75. The first-order valence-corrected chi connectivity index (χ1v) is 13.5. The van der Waals surface area contributed by atoms with Gasteiger partial charge in [0.05, 0.1) is 9.16 Å². The van der Waals surface area contributed by atoms with E-state index in [1.165, 1.54) is 47.0 Å². The van der Waals surface area contributed by atoms with Gasteiger partial charge in [-0.15, -0.1) is 47.0 Å². The van der Waals surface area contributed by atoms with Gasteiger partial charge in [0.2, 0.25) is 6.79 Å². The molecule has 144 valence electrons. The molecule has 2 aromatic carbocycles. The summed E-state index contributed by atoms with van der Waals surface area (Å²) in [5, 5.41) is 0. The van der Waals surface area contributed by atoms with Gasteiger partial charge in [-0.2, -0.15) is 0 Å². The molecule has 2 aliphatic heterocycles. The van der Waals surface area contributed by atoms with Crippen molar-refractivity contribution in [3.8, 4) is 11.5 Å². The third kappa shape index (κ3) is 5.72. The van der Waals surface area contributed by atoms with Crippen molar-refractivity contribution in [2.45, 2.75) is 22.0 Å². The highest BCUT2D eigenvalue weighted by molar-refractivity contribution is 8.17. The summed E-state index contributed by atoms with van der Waals surface area (Å²) in [4.78, 5) is 0. The topological polar surface area (TPSA) is 18.5 Å². The highest BCUT2D eigenvalue weighted by Gasteiger charge is 2.17. The molecule has 0 atom stereocenters. The van der Waals surface area contributed by atoms with E-state index in [1.54, 1.807) is 0 Å². The van der Waals surface area contributed by atoms with Crippen molar-refractivity contribution < 1.29 is 9.47 Å². The van der Waals surface area contributed by atoms with Crippen LogP contribution in [0.2, 0.25) is 0 Å². The Morgan fingerprint density at radius 3 is 1.33 bits per heavy atom. The Hall–Kier alpha value is -0.560. The fourth-order valence-corrected chi connectivity index (χ4v) is 8.76. The highest BCUT2D eigenvalue weighted by Crippen LogP contribution is 2.44. The Morgan fingerprint density at radius 1 is 0.593 bits per heavy atom. The first-order valence-electron chi connectivity index (χ1n) is 9.30. The van der Waals surface area contributed by atoms with Crippen LogP contribution < -0.4 is 9.47 Å². The van der Waals surface area contributed by atoms with Crippen molar-refractivity contribution in [3.63, 3.8) is 0 Å². The lowest BCUT2D eigenvalue weighted by molar-refractivity contribution is 0.120. The molecule has 2 fully saturated rings. The zero-order chi connectivity index (χ0) is 18.3. The average molecular weight is 437 g/mol. The minimum atomic E-state index is 0.235. The van der Waals surface area contributed by atoms with Crippen molar-refractivity contribution in [3.05, 3.63) is 59.7 Å². The van der Waals surface area contributed by atoms with Gasteiger partial charge >= 0.3 is 0 Å². The second-order valence-electron chi connectivity index (χ2n) is 6.40. The fourth-order valence-electron chi connectivity index (χ4n) is 2.97. The standard InChI is InChI=1S/C21H24O2S4/c1-11-24-20(25-12-1)16-3-7-18(8-4-16)22-15-23-19-9-5-17(6-10-19)21-26-13-2-14-27-21/h3-10,20-21H,1-2,11-15H2. The Labute approximate surface area is 178 Å². The second-order valence-corrected chi connectivity index (χ2v) is 11.8. The zero-order valence-electron chi connectivity index (χ0n) is 15.2. The summed E-state index contributed by atoms with van der Waals surface area (Å²) in [6.45, 7) is 0.235. The normalized spacial score (nSPS) is 19.0. The molecule has 2 saturated heterocycles. The monoisotopic (exact) mass is 436 g/mol. The maximum absolute atomic E-state index is 5.75. The number of thioether (sulfide) groups is 4. The number of ether oxygens (including phenoxy) is 2. The van der Waals surface area contributed by atoms with E-state index in [2.05, 4.69) is 48.5 Å². The van der Waals surface area contributed by atoms with Crippen LogP contribution in [0.25, 0.3) is 0 Å². The van der Waals surface area contributed by atoms with Crippen LogP contribution in [0.3, 0.4) is 0 Å². The van der Waals surface area contributed by atoms with Crippen molar-refractivity contribution in [2.75, 3.05) is 29.8 Å². The Bertz CT molecular complexity index is 632. The van der Waals surface area contributed by atoms with Gasteiger partial charge in [-0.1, -0.05) is 24.3 Å². The molecule has 0 bridgehead atoms. The number of hydrogen-bond acceptors (Lipinski definition) is 6. The predicted molar refractivity (Wildman–Crippen MR) is 124 cm³/mol. The molecule has 2 nitrogen and oxygen atoms in total. The number of hydrogen-bond donors (Lipinski definition) is 0. The SMILES string of the molecule is c1cc(C2SCCCS2)ccc1OCOc1ccc(C2SCCCS2)cc1. The molecule has 2 aromatic rings. The third-order valence-corrected chi connectivity index (χ3v) is 10.4. The van der Waals surface area contributed by atoms with E-state index >= 15 is 0 Å². The molecule has 4 rings (SSSR count). The summed E-state index contributed by atoms with van der Waals surface area (Å²) in [5.41, 5.74) is 2.76. The van der Waals surface area contributed by atoms with Gasteiger partial charge in [-0.25, -0.2) is 0 Å². The number of benzene rings is 2. The fraction of sp³-hybridized carbons (Fsp3) is 0.429. The van der Waals surface area contributed by atoms with Gasteiger partial charge in [-0.05, 0) is 71.2 Å². The van der Waals surface area contributed by atoms with Gasteiger partial charge in [-0.3, -0.25) is 0 Å². The minimum Gasteiger partial charge on any atom is -0.458 e. The lowest BCUT2D eigenvalue weighted by Gasteiger charge is -2.21. The number of rotatable bonds is 6. The van der Waals surface area contributed by atoms with E-state index in [0.29, 0.717) is 9.16 Å². The molecule has 6 heteroatoms. The lowest BCUT2D eigenvalue weighted by Crippen LogP contribution is -2.06. The molecule has 0 amide bonds. The third-order valence-electron chi connectivity index (χ3n) is 4.41. The smallest absolute Gasteiger partial charge is 0.230 e. The van der Waals surface area contributed by atoms with Crippen molar-refractivity contribution in [1.82, 2.24) is 0 Å². The summed E-state index contributed by atoms with van der Waals surface area (Å²) < 4.78 is 12.7. The summed E-state index contributed by atoms with van der Waals surface area (Å²) in [7, 11) is 0. The molecular weight excluding hydrogens is 412 g/mol. The van der Waals surface area contributed by atoms with Crippen LogP contribution in [0.4, 0.5) is 0 Å². The largest absolute Gasteiger partial charge is 0.458 e. The highest BCUT2D eigenvalue weighted by atomic mass is 32.2. The van der Waals surface area contributed by atoms with Crippen molar-refractivity contribution in [2.24, 2.45) is 0 Å². The van der Waals surface area contributed by atoms with E-state index in [9.17, 15) is 0 Å². The van der Waals surface area contributed by atoms with Crippen LogP contribution in [0.1, 0.15) is 33.1 Å². The van der Waals surface area contributed by atoms with Crippen LogP contribution in [0, 0.1) is 0 Å². The summed E-state index contributed by atoms with van der Waals surface area (Å²) >= 11 is 8.17. The van der Waals surface area contributed by atoms with E-state index in [0.717, 1.165) is 11.5 Å². The Balaban J connectivity index is 1.24. The molecule has 0 radical (unpaired) electrons. The second kappa shape index (κ2) is 10.3. The quantitative estimate of drug-likeness (QED) is 0.458. The summed E-state index contributed by atoms with van der Waals surface area (Å²) in [6, 6.07) is 16.9. The van der Waals surface area contributed by atoms with E-state index < -0.39 is 0 Å². The first kappa shape index (κ1) is 19.7.